The number of halogens is 9. The summed E-state index contributed by atoms with van der Waals surface area (Å²) < 4.78 is 182. The number of H-pyrrole nitrogens is 1. The smallest absolute Gasteiger partial charge is 0.346 e. The van der Waals surface area contributed by atoms with Gasteiger partial charge in [-0.1, -0.05) is 185 Å². The molecule has 0 spiro atoms. The first-order valence-corrected chi connectivity index (χ1v) is 30.9. The standard InChI is InChI=1S/C29H27F3N4O3S.C28H28N4O.C2F6O5S2/c1-20(2)17-36-26-23-15-9-10-16-24(23)33-27(25(26)34-28(36)39-40(37,38)29(30,31)32)35(18-21-11-5-3-6-12-21)19-22-13-7-4-8-14-22;1-20(2)17-32-26-23-15-9-10-16-24(23)29-27(25(26)30-28(32)33)31(18-21-11-5-3-6-12-21)19-22-13-7-4-8-14-22;3-1(4,5)14(9,10)13-15(11,12)2(6,7)8/h3-16,20H,17-19H2,1-2H3;3-16,20H,17-19H2,1-2H3,(H,30,33);. The number of nitrogens with zero attached hydrogens (tertiary/aromatic N) is 7. The van der Waals surface area contributed by atoms with Crippen LogP contribution in [0.15, 0.2) is 175 Å². The van der Waals surface area contributed by atoms with Crippen LogP contribution in [0, 0.1) is 11.8 Å². The molecule has 88 heavy (non-hydrogen) atoms. The van der Waals surface area contributed by atoms with E-state index < -0.39 is 52.9 Å². The molecule has 17 nitrogen and oxygen atoms in total. The predicted molar refractivity (Wildman–Crippen MR) is 315 cm³/mol. The zero-order valence-electron chi connectivity index (χ0n) is 47.0. The number of rotatable bonds is 18. The maximum atomic E-state index is 13.3. The van der Waals surface area contributed by atoms with E-state index in [1.54, 1.807) is 18.2 Å². The second kappa shape index (κ2) is 26.4. The zero-order chi connectivity index (χ0) is 64.0. The Morgan fingerprint density at radius 3 is 1.18 bits per heavy atom. The van der Waals surface area contributed by atoms with Gasteiger partial charge in [0.15, 0.2) is 11.6 Å². The number of pyridine rings is 2. The van der Waals surface area contributed by atoms with Crippen molar-refractivity contribution in [3.05, 3.63) is 203 Å². The Hall–Kier alpha value is -8.54. The molecule has 0 unspecified atom stereocenters. The molecule has 10 aromatic rings. The SMILES string of the molecule is CC(C)Cn1c(=O)[nH]c2c(N(Cc3ccccc3)Cc3ccccc3)nc3ccccc3c21.CC(C)Cn1c(OS(=O)(=O)C(F)(F)F)nc2c(N(Cc3ccccc3)Cc3ccccc3)nc3ccccc3c21.O=S(=O)(OS(=O)(=O)C(F)(F)F)C(F)(F)F. The quantitative estimate of drug-likeness (QED) is 0.0482. The minimum atomic E-state index is -6.85. The Kier molecular flexibility index (Phi) is 19.7. The summed E-state index contributed by atoms with van der Waals surface area (Å²) in [5, 5.41) is 1.61. The largest absolute Gasteiger partial charge is 0.534 e. The minimum absolute atomic E-state index is 0.0616. The molecule has 0 aliphatic rings. The number of nitrogens with one attached hydrogen (secondary N) is 1. The first-order chi connectivity index (χ1) is 41.3. The van der Waals surface area contributed by atoms with E-state index in [-0.39, 0.29) is 23.7 Å². The molecule has 4 heterocycles. The highest BCUT2D eigenvalue weighted by Crippen LogP contribution is 2.39. The molecule has 0 aliphatic carbocycles. The third-order valence-corrected chi connectivity index (χ3v) is 16.4. The van der Waals surface area contributed by atoms with Crippen molar-refractivity contribution in [1.29, 1.82) is 0 Å². The molecule has 0 saturated heterocycles. The van der Waals surface area contributed by atoms with E-state index in [9.17, 15) is 69.6 Å². The van der Waals surface area contributed by atoms with Crippen molar-refractivity contribution in [3.8, 4) is 6.01 Å². The van der Waals surface area contributed by atoms with Crippen LogP contribution in [0.2, 0.25) is 0 Å². The van der Waals surface area contributed by atoms with Crippen LogP contribution in [-0.4, -0.2) is 70.8 Å². The van der Waals surface area contributed by atoms with Crippen LogP contribution < -0.4 is 19.7 Å². The summed E-state index contributed by atoms with van der Waals surface area (Å²) in [7, 11) is -19.7. The van der Waals surface area contributed by atoms with Gasteiger partial charge < -0.3 is 19.0 Å². The average molecular weight is 1290 g/mol. The molecule has 6 aromatic carbocycles. The van der Waals surface area contributed by atoms with Gasteiger partial charge in [0.2, 0.25) is 0 Å². The van der Waals surface area contributed by atoms with Crippen molar-refractivity contribution >= 4 is 85.9 Å². The van der Waals surface area contributed by atoms with Gasteiger partial charge in [0, 0.05) is 50.0 Å². The third-order valence-electron chi connectivity index (χ3n) is 12.9. The van der Waals surface area contributed by atoms with Crippen molar-refractivity contribution < 1.29 is 72.6 Å². The van der Waals surface area contributed by atoms with Crippen LogP contribution in [0.4, 0.5) is 51.1 Å². The average Bonchev–Trinajstić information content (AvgIpc) is 3.82. The first-order valence-electron chi connectivity index (χ1n) is 26.6. The lowest BCUT2D eigenvalue weighted by Gasteiger charge is -2.25. The van der Waals surface area contributed by atoms with E-state index in [1.807, 2.05) is 124 Å². The molecule has 0 amide bonds. The van der Waals surface area contributed by atoms with Crippen LogP contribution in [-0.2, 0) is 73.3 Å². The van der Waals surface area contributed by atoms with Gasteiger partial charge in [-0.25, -0.2) is 14.8 Å². The summed E-state index contributed by atoms with van der Waals surface area (Å²) in [6.07, 6.45) is 0. The number of hydrogen-bond donors (Lipinski definition) is 1. The molecule has 29 heteroatoms. The second-order valence-electron chi connectivity index (χ2n) is 20.7. The molecule has 0 radical (unpaired) electrons. The maximum absolute atomic E-state index is 13.3. The molecular weight excluding hydrogens is 1230 g/mol. The summed E-state index contributed by atoms with van der Waals surface area (Å²) in [5.41, 5.74) is -9.94. The molecule has 0 atom stereocenters. The van der Waals surface area contributed by atoms with E-state index in [0.29, 0.717) is 60.9 Å². The van der Waals surface area contributed by atoms with E-state index in [2.05, 4.69) is 87.5 Å². The second-order valence-corrected chi connectivity index (χ2v) is 25.5. The number of fused-ring (bicyclic) bond motifs is 6. The van der Waals surface area contributed by atoms with Gasteiger partial charge in [0.25, 0.3) is 0 Å². The Balaban J connectivity index is 0.000000188. The lowest BCUT2D eigenvalue weighted by atomic mass is 10.1. The highest BCUT2D eigenvalue weighted by atomic mass is 32.3. The number of aromatic amines is 1. The van der Waals surface area contributed by atoms with Crippen LogP contribution in [0.25, 0.3) is 43.9 Å². The number of aromatic nitrogens is 6. The number of imidazole rings is 2. The molecular formula is C59H55F9N8O9S3. The van der Waals surface area contributed by atoms with Crippen molar-refractivity contribution in [3.63, 3.8) is 0 Å². The summed E-state index contributed by atoms with van der Waals surface area (Å²) in [6.45, 7) is 11.0. The van der Waals surface area contributed by atoms with E-state index in [0.717, 1.165) is 38.9 Å². The van der Waals surface area contributed by atoms with Crippen LogP contribution in [0.5, 0.6) is 6.01 Å². The topological polar surface area (TPSA) is 209 Å². The number of alkyl halides is 9. The van der Waals surface area contributed by atoms with Crippen molar-refractivity contribution in [2.45, 2.75) is 83.5 Å². The normalized spacial score (nSPS) is 12.5. The fourth-order valence-corrected chi connectivity index (χ4v) is 11.2. The van der Waals surface area contributed by atoms with E-state index >= 15 is 0 Å². The number of benzene rings is 6. The number of para-hydroxylation sites is 2. The van der Waals surface area contributed by atoms with Gasteiger partial charge in [-0.3, -0.25) is 9.13 Å². The summed E-state index contributed by atoms with van der Waals surface area (Å²) in [4.78, 5) is 34.8. The Labute approximate surface area is 499 Å². The Morgan fingerprint density at radius 1 is 0.455 bits per heavy atom. The summed E-state index contributed by atoms with van der Waals surface area (Å²) in [6, 6.07) is 54.8. The zero-order valence-corrected chi connectivity index (χ0v) is 49.4. The molecule has 466 valence electrons. The van der Waals surface area contributed by atoms with Gasteiger partial charge in [0.1, 0.15) is 11.0 Å². The fraction of sp³-hybridized carbons (Fsp3) is 0.254. The molecule has 10 rings (SSSR count). The number of hydrogen-bond acceptors (Lipinski definition) is 14. The van der Waals surface area contributed by atoms with Crippen molar-refractivity contribution in [2.24, 2.45) is 11.8 Å². The van der Waals surface area contributed by atoms with Gasteiger partial charge in [-0.05, 0) is 46.2 Å². The Bertz CT molecular complexity index is 4340. The van der Waals surface area contributed by atoms with Crippen LogP contribution >= 0.6 is 0 Å². The lowest BCUT2D eigenvalue weighted by Crippen LogP contribution is -2.34. The molecule has 0 bridgehead atoms. The van der Waals surface area contributed by atoms with Gasteiger partial charge >= 0.3 is 58.6 Å². The van der Waals surface area contributed by atoms with Crippen LogP contribution in [0.1, 0.15) is 49.9 Å². The molecule has 0 aliphatic heterocycles. The van der Waals surface area contributed by atoms with Gasteiger partial charge in [-0.2, -0.15) is 69.8 Å². The third kappa shape index (κ3) is 15.4. The van der Waals surface area contributed by atoms with Crippen molar-refractivity contribution in [1.82, 2.24) is 29.1 Å². The van der Waals surface area contributed by atoms with Gasteiger partial charge in [-0.15, -0.1) is 3.63 Å². The summed E-state index contributed by atoms with van der Waals surface area (Å²) >= 11 is 0. The monoisotopic (exact) mass is 1290 g/mol. The van der Waals surface area contributed by atoms with Crippen LogP contribution in [0.3, 0.4) is 0 Å². The van der Waals surface area contributed by atoms with Gasteiger partial charge in [0.05, 0.1) is 22.1 Å². The fourth-order valence-electron chi connectivity index (χ4n) is 9.21. The highest BCUT2D eigenvalue weighted by molar-refractivity contribution is 8.00. The minimum Gasteiger partial charge on any atom is -0.346 e. The molecule has 4 aromatic heterocycles. The maximum Gasteiger partial charge on any atom is 0.534 e. The molecule has 1 N–H and O–H groups in total. The highest BCUT2D eigenvalue weighted by Gasteiger charge is 2.57. The Morgan fingerprint density at radius 2 is 0.795 bits per heavy atom. The molecule has 0 saturated carbocycles. The summed E-state index contributed by atoms with van der Waals surface area (Å²) in [5.74, 6) is 1.49. The number of anilines is 2. The molecule has 0 fully saturated rings. The predicted octanol–water partition coefficient (Wildman–Crippen LogP) is 13.1. The lowest BCUT2D eigenvalue weighted by molar-refractivity contribution is -0.0586. The first kappa shape index (κ1) is 65.4. The van der Waals surface area contributed by atoms with E-state index in [4.69, 9.17) is 9.97 Å². The van der Waals surface area contributed by atoms with Crippen molar-refractivity contribution in [2.75, 3.05) is 9.80 Å². The van der Waals surface area contributed by atoms with E-state index in [1.165, 1.54) is 15.7 Å².